The molecule has 2 heteroatoms. The number of nitrogens with zero attached hydrogens (tertiary/aromatic N) is 2. The first-order valence-electron chi connectivity index (χ1n) is 7.10. The van der Waals surface area contributed by atoms with E-state index >= 15 is 0 Å². The smallest absolute Gasteiger partial charge is 0.0259 e. The molecule has 0 N–H and O–H groups in total. The fourth-order valence-corrected chi connectivity index (χ4v) is 3.24. The minimum absolute atomic E-state index is 0.311. The molecule has 2 unspecified atom stereocenters. The minimum atomic E-state index is 0.311. The van der Waals surface area contributed by atoms with Crippen LogP contribution in [0.1, 0.15) is 47.0 Å². The number of likely N-dealkylation sites (tertiary alicyclic amines) is 2. The fraction of sp³-hybridized carbons (Fsp3) is 0.867. The summed E-state index contributed by atoms with van der Waals surface area (Å²) in [5, 5.41) is 0. The molecule has 0 aromatic heterocycles. The van der Waals surface area contributed by atoms with Crippen molar-refractivity contribution in [3.63, 3.8) is 0 Å². The summed E-state index contributed by atoms with van der Waals surface area (Å²) in [5.74, 6) is 0.690. The Hall–Kier alpha value is -0.500. The van der Waals surface area contributed by atoms with Gasteiger partial charge in [-0.05, 0) is 53.5 Å². The number of hydrogen-bond acceptors (Lipinski definition) is 2. The topological polar surface area (TPSA) is 6.48 Å². The second-order valence-corrected chi connectivity index (χ2v) is 6.78. The molecule has 2 atom stereocenters. The Morgan fingerprint density at radius 1 is 1.18 bits per heavy atom. The number of hydrogen-bond donors (Lipinski definition) is 0. The van der Waals surface area contributed by atoms with E-state index in [-0.39, 0.29) is 0 Å². The SMILES string of the molecule is C=C(C1CCN(C(C)(C)C)C1)N1CCCC1C. The van der Waals surface area contributed by atoms with Crippen molar-refractivity contribution >= 4 is 0 Å². The highest BCUT2D eigenvalue weighted by atomic mass is 15.2. The normalized spacial score (nSPS) is 31.2. The molecule has 2 aliphatic heterocycles. The molecule has 2 heterocycles. The molecule has 2 fully saturated rings. The van der Waals surface area contributed by atoms with Crippen LogP contribution in [-0.4, -0.2) is 41.0 Å². The van der Waals surface area contributed by atoms with Gasteiger partial charge in [0.05, 0.1) is 0 Å². The van der Waals surface area contributed by atoms with E-state index in [2.05, 4.69) is 44.1 Å². The molecule has 0 bridgehead atoms. The standard InChI is InChI=1S/C15H28N2/c1-12-7-6-9-17(12)13(2)14-8-10-16(11-14)15(3,4)5/h12,14H,2,6-11H2,1,3-5H3. The van der Waals surface area contributed by atoms with E-state index in [0.29, 0.717) is 17.5 Å². The van der Waals surface area contributed by atoms with Crippen LogP contribution in [0.25, 0.3) is 0 Å². The molecule has 0 aromatic rings. The average molecular weight is 236 g/mol. The number of rotatable bonds is 2. The highest BCUT2D eigenvalue weighted by Gasteiger charge is 2.34. The van der Waals surface area contributed by atoms with Crippen molar-refractivity contribution in [1.29, 1.82) is 0 Å². The van der Waals surface area contributed by atoms with Gasteiger partial charge in [0.2, 0.25) is 0 Å². The summed E-state index contributed by atoms with van der Waals surface area (Å²) in [6, 6.07) is 0.714. The predicted octanol–water partition coefficient (Wildman–Crippen LogP) is 3.10. The fourth-order valence-electron chi connectivity index (χ4n) is 3.24. The Balaban J connectivity index is 1.94. The summed E-state index contributed by atoms with van der Waals surface area (Å²) < 4.78 is 0. The lowest BCUT2D eigenvalue weighted by molar-refractivity contribution is 0.167. The van der Waals surface area contributed by atoms with E-state index < -0.39 is 0 Å². The average Bonchev–Trinajstić information content (AvgIpc) is 2.83. The summed E-state index contributed by atoms with van der Waals surface area (Å²) in [6.45, 7) is 17.3. The van der Waals surface area contributed by atoms with Crippen LogP contribution in [0.5, 0.6) is 0 Å². The summed E-state index contributed by atoms with van der Waals surface area (Å²) in [4.78, 5) is 5.15. The van der Waals surface area contributed by atoms with Gasteiger partial charge in [-0.15, -0.1) is 0 Å². The Labute approximate surface area is 107 Å². The van der Waals surface area contributed by atoms with Crippen LogP contribution in [0.4, 0.5) is 0 Å². The Morgan fingerprint density at radius 3 is 2.35 bits per heavy atom. The molecular weight excluding hydrogens is 208 g/mol. The van der Waals surface area contributed by atoms with Gasteiger partial charge in [0.1, 0.15) is 0 Å². The monoisotopic (exact) mass is 236 g/mol. The van der Waals surface area contributed by atoms with Gasteiger partial charge < -0.3 is 4.90 Å². The van der Waals surface area contributed by atoms with Crippen molar-refractivity contribution in [2.75, 3.05) is 19.6 Å². The summed E-state index contributed by atoms with van der Waals surface area (Å²) in [6.07, 6.45) is 3.98. The maximum absolute atomic E-state index is 4.38. The lowest BCUT2D eigenvalue weighted by Crippen LogP contribution is -2.40. The lowest BCUT2D eigenvalue weighted by Gasteiger charge is -2.33. The van der Waals surface area contributed by atoms with Crippen molar-refractivity contribution in [2.45, 2.75) is 58.5 Å². The van der Waals surface area contributed by atoms with Crippen molar-refractivity contribution in [1.82, 2.24) is 9.80 Å². The lowest BCUT2D eigenvalue weighted by atomic mass is 10.0. The first-order chi connectivity index (χ1) is 7.89. The van der Waals surface area contributed by atoms with Crippen LogP contribution < -0.4 is 0 Å². The largest absolute Gasteiger partial charge is 0.372 e. The van der Waals surface area contributed by atoms with Crippen molar-refractivity contribution in [3.8, 4) is 0 Å². The summed E-state index contributed by atoms with van der Waals surface area (Å²) in [7, 11) is 0. The third-order valence-corrected chi connectivity index (χ3v) is 4.53. The first kappa shape index (κ1) is 12.9. The van der Waals surface area contributed by atoms with Crippen LogP contribution in [0.2, 0.25) is 0 Å². The Bertz CT molecular complexity index is 290. The van der Waals surface area contributed by atoms with Gasteiger partial charge in [0.25, 0.3) is 0 Å². The Kier molecular flexibility index (Phi) is 3.53. The zero-order valence-electron chi connectivity index (χ0n) is 12.0. The van der Waals surface area contributed by atoms with Crippen molar-refractivity contribution < 1.29 is 0 Å². The molecule has 0 radical (unpaired) electrons. The van der Waals surface area contributed by atoms with Gasteiger partial charge in [-0.1, -0.05) is 6.58 Å². The van der Waals surface area contributed by atoms with E-state index in [1.54, 1.807) is 0 Å². The maximum atomic E-state index is 4.38. The molecule has 2 aliphatic rings. The van der Waals surface area contributed by atoms with Crippen LogP contribution in [0.15, 0.2) is 12.3 Å². The molecule has 2 rings (SSSR count). The molecular formula is C15H28N2. The van der Waals surface area contributed by atoms with Crippen molar-refractivity contribution in [2.24, 2.45) is 5.92 Å². The van der Waals surface area contributed by atoms with E-state index in [4.69, 9.17) is 0 Å². The zero-order chi connectivity index (χ0) is 12.6. The van der Waals surface area contributed by atoms with Crippen LogP contribution >= 0.6 is 0 Å². The highest BCUT2D eigenvalue weighted by Crippen LogP contribution is 2.33. The van der Waals surface area contributed by atoms with Crippen LogP contribution in [0, 0.1) is 5.92 Å². The third kappa shape index (κ3) is 2.67. The van der Waals surface area contributed by atoms with E-state index in [1.165, 1.54) is 44.6 Å². The van der Waals surface area contributed by atoms with Gasteiger partial charge in [-0.25, -0.2) is 0 Å². The second-order valence-electron chi connectivity index (χ2n) is 6.78. The minimum Gasteiger partial charge on any atom is -0.372 e. The van der Waals surface area contributed by atoms with Gasteiger partial charge in [0, 0.05) is 36.3 Å². The summed E-state index contributed by atoms with van der Waals surface area (Å²) >= 11 is 0. The van der Waals surface area contributed by atoms with Gasteiger partial charge in [-0.3, -0.25) is 4.90 Å². The van der Waals surface area contributed by atoms with Gasteiger partial charge >= 0.3 is 0 Å². The molecule has 2 nitrogen and oxygen atoms in total. The Morgan fingerprint density at radius 2 is 1.88 bits per heavy atom. The van der Waals surface area contributed by atoms with E-state index in [0.717, 1.165) is 0 Å². The quantitative estimate of drug-likeness (QED) is 0.727. The molecule has 0 aromatic carbocycles. The molecule has 2 saturated heterocycles. The summed E-state index contributed by atoms with van der Waals surface area (Å²) in [5.41, 5.74) is 1.72. The van der Waals surface area contributed by atoms with Gasteiger partial charge in [0.15, 0.2) is 0 Å². The van der Waals surface area contributed by atoms with E-state index in [9.17, 15) is 0 Å². The molecule has 17 heavy (non-hydrogen) atoms. The van der Waals surface area contributed by atoms with Crippen molar-refractivity contribution in [3.05, 3.63) is 12.3 Å². The molecule has 0 saturated carbocycles. The maximum Gasteiger partial charge on any atom is 0.0259 e. The van der Waals surface area contributed by atoms with Crippen LogP contribution in [-0.2, 0) is 0 Å². The predicted molar refractivity (Wildman–Crippen MR) is 74.0 cm³/mol. The molecule has 0 aliphatic carbocycles. The third-order valence-electron chi connectivity index (χ3n) is 4.53. The first-order valence-corrected chi connectivity index (χ1v) is 7.10. The molecule has 98 valence electrons. The zero-order valence-corrected chi connectivity index (χ0v) is 12.0. The highest BCUT2D eigenvalue weighted by molar-refractivity contribution is 5.07. The second kappa shape index (κ2) is 4.64. The van der Waals surface area contributed by atoms with Crippen LogP contribution in [0.3, 0.4) is 0 Å². The van der Waals surface area contributed by atoms with E-state index in [1.807, 2.05) is 0 Å². The van der Waals surface area contributed by atoms with Gasteiger partial charge in [-0.2, -0.15) is 0 Å². The molecule has 0 spiro atoms. The molecule has 0 amide bonds.